The quantitative estimate of drug-likeness (QED) is 0.440. The van der Waals surface area contributed by atoms with Crippen molar-refractivity contribution in [2.24, 2.45) is 0 Å². The fourth-order valence-electron chi connectivity index (χ4n) is 2.64. The molecule has 1 aliphatic heterocycles. The number of hydrogen-bond donors (Lipinski definition) is 3. The standard InChI is InChI=1S/C13H14N2O5/c16-10-5-11(20-12(10)13(17)15(18)19)8-6-14-9-4-2-1-3-7(8)9/h1-4,6,10-14,16-17H,5H2/t10-,11?,12-,13?/m0/s1. The molecule has 0 spiro atoms. The molecule has 3 N–H and O–H groups in total. The molecule has 1 aromatic heterocycles. The average molecular weight is 278 g/mol. The number of para-hydroxylation sites is 1. The Morgan fingerprint density at radius 2 is 2.20 bits per heavy atom. The van der Waals surface area contributed by atoms with Crippen LogP contribution < -0.4 is 0 Å². The van der Waals surface area contributed by atoms with Gasteiger partial charge in [0, 0.05) is 29.1 Å². The molecule has 2 heterocycles. The highest BCUT2D eigenvalue weighted by Gasteiger charge is 2.45. The predicted octanol–water partition coefficient (Wildman–Crippen LogP) is 0.954. The summed E-state index contributed by atoms with van der Waals surface area (Å²) in [5, 5.41) is 30.8. The number of H-pyrrole nitrogens is 1. The minimum absolute atomic E-state index is 0.220. The summed E-state index contributed by atoms with van der Waals surface area (Å²) in [6, 6.07) is 7.60. The normalized spacial score (nSPS) is 27.8. The van der Waals surface area contributed by atoms with Gasteiger partial charge in [0.05, 0.1) is 17.1 Å². The fraction of sp³-hybridized carbons (Fsp3) is 0.385. The van der Waals surface area contributed by atoms with Gasteiger partial charge in [0.2, 0.25) is 0 Å². The van der Waals surface area contributed by atoms with Crippen molar-refractivity contribution in [2.75, 3.05) is 0 Å². The molecule has 1 aromatic carbocycles. The van der Waals surface area contributed by atoms with Crippen molar-refractivity contribution < 1.29 is 19.9 Å². The van der Waals surface area contributed by atoms with E-state index in [2.05, 4.69) is 4.98 Å². The molecule has 4 atom stereocenters. The third kappa shape index (κ3) is 2.05. The van der Waals surface area contributed by atoms with Gasteiger partial charge >= 0.3 is 6.23 Å². The number of aromatic amines is 1. The van der Waals surface area contributed by atoms with Crippen molar-refractivity contribution in [2.45, 2.75) is 31.0 Å². The van der Waals surface area contributed by atoms with E-state index in [0.29, 0.717) is 0 Å². The molecule has 2 unspecified atom stereocenters. The van der Waals surface area contributed by atoms with Crippen molar-refractivity contribution in [1.29, 1.82) is 0 Å². The molecule has 0 saturated carbocycles. The van der Waals surface area contributed by atoms with Crippen LogP contribution in [0.4, 0.5) is 0 Å². The lowest BCUT2D eigenvalue weighted by atomic mass is 10.0. The lowest BCUT2D eigenvalue weighted by molar-refractivity contribution is -0.584. The summed E-state index contributed by atoms with van der Waals surface area (Å²) in [7, 11) is 0. The highest BCUT2D eigenvalue weighted by Crippen LogP contribution is 2.37. The zero-order valence-electron chi connectivity index (χ0n) is 10.5. The predicted molar refractivity (Wildman–Crippen MR) is 69.5 cm³/mol. The molecular weight excluding hydrogens is 264 g/mol. The number of aliphatic hydroxyl groups is 2. The summed E-state index contributed by atoms with van der Waals surface area (Å²) < 4.78 is 5.49. The Morgan fingerprint density at radius 1 is 1.45 bits per heavy atom. The Bertz CT molecular complexity index is 640. The van der Waals surface area contributed by atoms with Gasteiger partial charge in [0.15, 0.2) is 6.10 Å². The van der Waals surface area contributed by atoms with E-state index in [9.17, 15) is 20.3 Å². The molecule has 0 aliphatic carbocycles. The Balaban J connectivity index is 1.88. The topological polar surface area (TPSA) is 109 Å². The van der Waals surface area contributed by atoms with Crippen LogP contribution in [0.1, 0.15) is 18.1 Å². The van der Waals surface area contributed by atoms with Crippen LogP contribution in [0.5, 0.6) is 0 Å². The molecule has 0 amide bonds. The third-order valence-corrected chi connectivity index (χ3v) is 3.63. The number of rotatable bonds is 3. The van der Waals surface area contributed by atoms with Crippen molar-refractivity contribution in [3.63, 3.8) is 0 Å². The number of ether oxygens (including phenoxy) is 1. The molecule has 0 bridgehead atoms. The number of aliphatic hydroxyl groups excluding tert-OH is 2. The first kappa shape index (κ1) is 13.0. The highest BCUT2D eigenvalue weighted by molar-refractivity contribution is 5.83. The SMILES string of the molecule is O=[N+]([O-])C(O)[C@H]1OC(c2c[nH]c3ccccc23)C[C@@H]1O. The first-order valence-electron chi connectivity index (χ1n) is 6.29. The van der Waals surface area contributed by atoms with Gasteiger partial charge in [-0.3, -0.25) is 10.1 Å². The molecule has 1 fully saturated rings. The second-order valence-corrected chi connectivity index (χ2v) is 4.88. The van der Waals surface area contributed by atoms with Crippen molar-refractivity contribution in [3.05, 3.63) is 46.1 Å². The lowest BCUT2D eigenvalue weighted by Gasteiger charge is -2.14. The molecule has 1 aliphatic rings. The number of benzene rings is 1. The van der Waals surface area contributed by atoms with Crippen LogP contribution in [0, 0.1) is 10.1 Å². The number of nitrogens with zero attached hydrogens (tertiary/aromatic N) is 1. The van der Waals surface area contributed by atoms with Gasteiger partial charge in [0.25, 0.3) is 0 Å². The molecule has 0 radical (unpaired) electrons. The van der Waals surface area contributed by atoms with E-state index in [1.165, 1.54) is 0 Å². The summed E-state index contributed by atoms with van der Waals surface area (Å²) >= 11 is 0. The van der Waals surface area contributed by atoms with Crippen LogP contribution in [-0.2, 0) is 4.74 Å². The Kier molecular flexibility index (Phi) is 3.17. The molecule has 106 valence electrons. The van der Waals surface area contributed by atoms with Gasteiger partial charge < -0.3 is 19.9 Å². The zero-order valence-corrected chi connectivity index (χ0v) is 10.5. The van der Waals surface area contributed by atoms with Crippen LogP contribution >= 0.6 is 0 Å². The van der Waals surface area contributed by atoms with E-state index < -0.39 is 29.5 Å². The molecule has 3 rings (SSSR count). The van der Waals surface area contributed by atoms with Crippen LogP contribution in [-0.4, -0.2) is 38.6 Å². The summed E-state index contributed by atoms with van der Waals surface area (Å²) in [5.41, 5.74) is 1.76. The second kappa shape index (κ2) is 4.86. The number of nitrogens with one attached hydrogen (secondary N) is 1. The van der Waals surface area contributed by atoms with Crippen LogP contribution in [0.3, 0.4) is 0 Å². The highest BCUT2D eigenvalue weighted by atomic mass is 16.7. The van der Waals surface area contributed by atoms with Gasteiger partial charge in [0.1, 0.15) is 0 Å². The monoisotopic (exact) mass is 278 g/mol. The number of nitro groups is 1. The van der Waals surface area contributed by atoms with E-state index in [4.69, 9.17) is 4.74 Å². The Hall–Kier alpha value is -1.96. The second-order valence-electron chi connectivity index (χ2n) is 4.88. The summed E-state index contributed by atoms with van der Waals surface area (Å²) in [4.78, 5) is 12.8. The Labute approximate surface area is 113 Å². The number of hydrogen-bond acceptors (Lipinski definition) is 5. The van der Waals surface area contributed by atoms with Crippen LogP contribution in [0.2, 0.25) is 0 Å². The average Bonchev–Trinajstić information content (AvgIpc) is 3.01. The first-order chi connectivity index (χ1) is 9.58. The van der Waals surface area contributed by atoms with E-state index in [1.54, 1.807) is 6.20 Å². The number of aromatic nitrogens is 1. The lowest BCUT2D eigenvalue weighted by Crippen LogP contribution is -2.39. The summed E-state index contributed by atoms with van der Waals surface area (Å²) in [6.45, 7) is 0. The summed E-state index contributed by atoms with van der Waals surface area (Å²) in [5.74, 6) is 0. The van der Waals surface area contributed by atoms with Gasteiger partial charge in [-0.1, -0.05) is 18.2 Å². The minimum atomic E-state index is -1.92. The number of fused-ring (bicyclic) bond motifs is 1. The van der Waals surface area contributed by atoms with Gasteiger partial charge in [-0.15, -0.1) is 0 Å². The van der Waals surface area contributed by atoms with Gasteiger partial charge in [-0.05, 0) is 6.07 Å². The van der Waals surface area contributed by atoms with E-state index in [0.717, 1.165) is 16.5 Å². The van der Waals surface area contributed by atoms with Gasteiger partial charge in [-0.2, -0.15) is 0 Å². The summed E-state index contributed by atoms with van der Waals surface area (Å²) in [6.07, 6.45) is -2.67. The molecule has 7 nitrogen and oxygen atoms in total. The first-order valence-corrected chi connectivity index (χ1v) is 6.29. The minimum Gasteiger partial charge on any atom is -0.390 e. The van der Waals surface area contributed by atoms with Crippen molar-refractivity contribution in [1.82, 2.24) is 4.98 Å². The smallest absolute Gasteiger partial charge is 0.341 e. The van der Waals surface area contributed by atoms with E-state index in [-0.39, 0.29) is 6.42 Å². The van der Waals surface area contributed by atoms with Crippen LogP contribution in [0.15, 0.2) is 30.5 Å². The maximum atomic E-state index is 10.6. The van der Waals surface area contributed by atoms with Crippen LogP contribution in [0.25, 0.3) is 10.9 Å². The Morgan fingerprint density at radius 3 is 2.95 bits per heavy atom. The molecule has 7 heteroatoms. The van der Waals surface area contributed by atoms with E-state index >= 15 is 0 Å². The van der Waals surface area contributed by atoms with Crippen molar-refractivity contribution in [3.8, 4) is 0 Å². The maximum absolute atomic E-state index is 10.6. The molecule has 20 heavy (non-hydrogen) atoms. The maximum Gasteiger partial charge on any atom is 0.341 e. The van der Waals surface area contributed by atoms with Gasteiger partial charge in [-0.25, -0.2) is 0 Å². The van der Waals surface area contributed by atoms with Crippen molar-refractivity contribution >= 4 is 10.9 Å². The molecule has 1 saturated heterocycles. The molecule has 2 aromatic rings. The molecular formula is C13H14N2O5. The third-order valence-electron chi connectivity index (χ3n) is 3.63. The zero-order chi connectivity index (χ0) is 14.3. The largest absolute Gasteiger partial charge is 0.390 e. The van der Waals surface area contributed by atoms with E-state index in [1.807, 2.05) is 24.3 Å². The fourth-order valence-corrected chi connectivity index (χ4v) is 2.64.